The van der Waals surface area contributed by atoms with Crippen molar-refractivity contribution in [3.05, 3.63) is 49.6 Å². The van der Waals surface area contributed by atoms with Crippen molar-refractivity contribution >= 4 is 46.1 Å². The van der Waals surface area contributed by atoms with Gasteiger partial charge < -0.3 is 10.1 Å². The summed E-state index contributed by atoms with van der Waals surface area (Å²) in [6.07, 6.45) is 1.02. The van der Waals surface area contributed by atoms with Gasteiger partial charge in [-0.25, -0.2) is 0 Å². The molecule has 0 fully saturated rings. The normalized spacial score (nSPS) is 10.8. The van der Waals surface area contributed by atoms with Gasteiger partial charge >= 0.3 is 0 Å². The largest absolute Gasteiger partial charge is 0.491 e. The highest BCUT2D eigenvalue weighted by molar-refractivity contribution is 7.07. The van der Waals surface area contributed by atoms with Crippen LogP contribution in [-0.4, -0.2) is 19.7 Å². The third-order valence-corrected chi connectivity index (χ3v) is 4.43. The quantitative estimate of drug-likeness (QED) is 0.565. The number of ether oxygens (including phenoxy) is 1. The lowest BCUT2D eigenvalue weighted by molar-refractivity contribution is 0.314. The fourth-order valence-corrected chi connectivity index (χ4v) is 2.94. The van der Waals surface area contributed by atoms with Crippen molar-refractivity contribution in [2.75, 3.05) is 19.7 Å². The molecule has 1 aromatic heterocycles. The van der Waals surface area contributed by atoms with Gasteiger partial charge in [0.05, 0.1) is 15.1 Å². The van der Waals surface area contributed by atoms with Gasteiger partial charge in [-0.3, -0.25) is 0 Å². The van der Waals surface area contributed by atoms with Crippen LogP contribution in [0.3, 0.4) is 0 Å². The second kappa shape index (κ2) is 8.11. The van der Waals surface area contributed by atoms with Crippen LogP contribution in [0.2, 0.25) is 15.1 Å². The molecule has 2 aromatic rings. The van der Waals surface area contributed by atoms with Gasteiger partial charge in [-0.2, -0.15) is 11.3 Å². The molecule has 2 rings (SSSR count). The molecule has 0 spiro atoms. The summed E-state index contributed by atoms with van der Waals surface area (Å²) in [7, 11) is 0. The van der Waals surface area contributed by atoms with Crippen molar-refractivity contribution < 1.29 is 4.74 Å². The number of rotatable bonds is 7. The van der Waals surface area contributed by atoms with Crippen LogP contribution in [-0.2, 0) is 6.42 Å². The zero-order valence-corrected chi connectivity index (χ0v) is 13.7. The number of nitrogens with one attached hydrogen (secondary N) is 1. The maximum absolute atomic E-state index is 6.02. The molecule has 1 aromatic carbocycles. The molecule has 0 aliphatic rings. The van der Waals surface area contributed by atoms with Gasteiger partial charge in [0.2, 0.25) is 0 Å². The molecule has 0 aliphatic heterocycles. The van der Waals surface area contributed by atoms with Crippen molar-refractivity contribution in [1.29, 1.82) is 0 Å². The fraction of sp³-hybridized carbons (Fsp3) is 0.286. The van der Waals surface area contributed by atoms with E-state index in [1.807, 2.05) is 0 Å². The van der Waals surface area contributed by atoms with E-state index in [1.54, 1.807) is 23.5 Å². The number of halogens is 3. The predicted octanol–water partition coefficient (Wildman–Crippen LogP) is 4.92. The Morgan fingerprint density at radius 1 is 1.05 bits per heavy atom. The molecule has 1 N–H and O–H groups in total. The van der Waals surface area contributed by atoms with E-state index in [4.69, 9.17) is 39.5 Å². The van der Waals surface area contributed by atoms with Gasteiger partial charge in [0.1, 0.15) is 12.4 Å². The highest BCUT2D eigenvalue weighted by Gasteiger charge is 2.06. The molecule has 1 heterocycles. The van der Waals surface area contributed by atoms with E-state index in [0.29, 0.717) is 27.4 Å². The molecule has 0 unspecified atom stereocenters. The Balaban J connectivity index is 1.67. The Bertz CT molecular complexity index is 546. The van der Waals surface area contributed by atoms with Gasteiger partial charge in [0.25, 0.3) is 0 Å². The highest BCUT2D eigenvalue weighted by atomic mass is 35.5. The van der Waals surface area contributed by atoms with Gasteiger partial charge in [0, 0.05) is 12.6 Å². The summed E-state index contributed by atoms with van der Waals surface area (Å²) >= 11 is 19.5. The van der Waals surface area contributed by atoms with Crippen molar-refractivity contribution in [1.82, 2.24) is 5.32 Å². The maximum Gasteiger partial charge on any atom is 0.139 e. The Morgan fingerprint density at radius 2 is 1.85 bits per heavy atom. The number of hydrogen-bond donors (Lipinski definition) is 1. The van der Waals surface area contributed by atoms with Gasteiger partial charge in [-0.1, -0.05) is 34.8 Å². The summed E-state index contributed by atoms with van der Waals surface area (Å²) in [5, 5.41) is 8.91. The first-order chi connectivity index (χ1) is 9.66. The molecular formula is C14H14Cl3NOS. The predicted molar refractivity (Wildman–Crippen MR) is 87.9 cm³/mol. The van der Waals surface area contributed by atoms with E-state index in [-0.39, 0.29) is 0 Å². The Kier molecular flexibility index (Phi) is 6.46. The zero-order chi connectivity index (χ0) is 14.4. The third kappa shape index (κ3) is 4.83. The lowest BCUT2D eigenvalue weighted by Gasteiger charge is -2.10. The highest BCUT2D eigenvalue weighted by Crippen LogP contribution is 2.33. The average molecular weight is 351 g/mol. The fourth-order valence-electron chi connectivity index (χ4n) is 1.64. The molecule has 0 saturated heterocycles. The smallest absolute Gasteiger partial charge is 0.139 e. The minimum absolute atomic E-state index is 0.429. The van der Waals surface area contributed by atoms with Crippen molar-refractivity contribution in [3.63, 3.8) is 0 Å². The average Bonchev–Trinajstić information content (AvgIpc) is 2.92. The molecule has 0 bridgehead atoms. The first kappa shape index (κ1) is 15.9. The van der Waals surface area contributed by atoms with E-state index >= 15 is 0 Å². The van der Waals surface area contributed by atoms with Crippen LogP contribution < -0.4 is 10.1 Å². The van der Waals surface area contributed by atoms with Crippen LogP contribution in [0.25, 0.3) is 0 Å². The van der Waals surface area contributed by atoms with Crippen LogP contribution in [0.15, 0.2) is 29.0 Å². The molecule has 0 amide bonds. The summed E-state index contributed by atoms with van der Waals surface area (Å²) in [5.41, 5.74) is 1.36. The zero-order valence-electron chi connectivity index (χ0n) is 10.7. The molecule has 0 aliphatic carbocycles. The minimum Gasteiger partial charge on any atom is -0.491 e. The molecule has 108 valence electrons. The Labute approximate surface area is 137 Å². The monoisotopic (exact) mass is 349 g/mol. The number of thiophene rings is 1. The summed E-state index contributed by atoms with van der Waals surface area (Å²) in [4.78, 5) is 0. The van der Waals surface area contributed by atoms with Gasteiger partial charge in [-0.15, -0.1) is 0 Å². The second-order valence-corrected chi connectivity index (χ2v) is 6.18. The second-order valence-electron chi connectivity index (χ2n) is 4.18. The Hall–Kier alpha value is -0.450. The van der Waals surface area contributed by atoms with Gasteiger partial charge in [-0.05, 0) is 41.4 Å². The molecule has 0 radical (unpaired) electrons. The van der Waals surface area contributed by atoms with E-state index in [1.165, 1.54) is 5.56 Å². The van der Waals surface area contributed by atoms with Crippen LogP contribution in [0.4, 0.5) is 0 Å². The standard InChI is InChI=1S/C14H14Cl3NOS/c15-11-7-13(17)14(8-12(11)16)19-5-4-18-3-1-10-2-6-20-9-10/h2,6-9,18H,1,3-5H2. The first-order valence-corrected chi connectivity index (χ1v) is 8.23. The third-order valence-electron chi connectivity index (χ3n) is 2.68. The van der Waals surface area contributed by atoms with Crippen molar-refractivity contribution in [3.8, 4) is 5.75 Å². The molecule has 0 saturated carbocycles. The molecule has 20 heavy (non-hydrogen) atoms. The minimum atomic E-state index is 0.429. The maximum atomic E-state index is 6.02. The summed E-state index contributed by atoms with van der Waals surface area (Å²) in [6.45, 7) is 2.21. The summed E-state index contributed by atoms with van der Waals surface area (Å²) in [5.74, 6) is 0.556. The molecule has 0 atom stereocenters. The Morgan fingerprint density at radius 3 is 2.60 bits per heavy atom. The van der Waals surface area contributed by atoms with Crippen molar-refractivity contribution in [2.45, 2.75) is 6.42 Å². The lowest BCUT2D eigenvalue weighted by Crippen LogP contribution is -2.23. The van der Waals surface area contributed by atoms with Crippen LogP contribution in [0, 0.1) is 0 Å². The summed E-state index contributed by atoms with van der Waals surface area (Å²) < 4.78 is 5.57. The molecule has 2 nitrogen and oxygen atoms in total. The van der Waals surface area contributed by atoms with Crippen molar-refractivity contribution in [2.24, 2.45) is 0 Å². The first-order valence-electron chi connectivity index (χ1n) is 6.16. The van der Waals surface area contributed by atoms with E-state index in [2.05, 4.69) is 22.1 Å². The SMILES string of the molecule is Clc1cc(Cl)c(OCCNCCc2ccsc2)cc1Cl. The van der Waals surface area contributed by atoms with E-state index < -0.39 is 0 Å². The van der Waals surface area contributed by atoms with Gasteiger partial charge in [0.15, 0.2) is 0 Å². The topological polar surface area (TPSA) is 21.3 Å². The lowest BCUT2D eigenvalue weighted by atomic mass is 10.2. The van der Waals surface area contributed by atoms with E-state index in [0.717, 1.165) is 19.5 Å². The van der Waals surface area contributed by atoms with Crippen LogP contribution in [0.5, 0.6) is 5.75 Å². The van der Waals surface area contributed by atoms with E-state index in [9.17, 15) is 0 Å². The molecule has 6 heteroatoms. The number of hydrogen-bond acceptors (Lipinski definition) is 3. The number of benzene rings is 1. The van der Waals surface area contributed by atoms with Crippen LogP contribution >= 0.6 is 46.1 Å². The molecular weight excluding hydrogens is 337 g/mol. The summed E-state index contributed by atoms with van der Waals surface area (Å²) in [6, 6.07) is 5.36. The van der Waals surface area contributed by atoms with Crippen LogP contribution in [0.1, 0.15) is 5.56 Å².